The van der Waals surface area contributed by atoms with E-state index in [9.17, 15) is 4.39 Å². The van der Waals surface area contributed by atoms with Crippen molar-refractivity contribution in [2.75, 3.05) is 20.2 Å². The maximum absolute atomic E-state index is 14.2. The number of hydrogen-bond acceptors (Lipinski definition) is 3. The van der Waals surface area contributed by atoms with Crippen molar-refractivity contribution in [1.29, 1.82) is 0 Å². The molecule has 6 nitrogen and oxygen atoms in total. The Balaban J connectivity index is 1.54. The quantitative estimate of drug-likeness (QED) is 0.648. The van der Waals surface area contributed by atoms with Crippen LogP contribution in [0.4, 0.5) is 4.39 Å². The van der Waals surface area contributed by atoms with Gasteiger partial charge in [0.15, 0.2) is 5.96 Å². The standard InChI is InChI=1S/C17H22FN5O/c1-19-17(22-11-14-3-2-8-24-14)21-10-13-4-5-16(15(18)9-13)23-7-6-20-12-23/h4-7,9,12,14H,2-3,8,10-11H2,1H3,(H2,19,21,22). The number of nitrogens with zero attached hydrogens (tertiary/aromatic N) is 3. The van der Waals surface area contributed by atoms with E-state index in [2.05, 4.69) is 20.6 Å². The van der Waals surface area contributed by atoms with E-state index in [-0.39, 0.29) is 11.9 Å². The van der Waals surface area contributed by atoms with E-state index < -0.39 is 0 Å². The van der Waals surface area contributed by atoms with E-state index in [0.29, 0.717) is 18.2 Å². The van der Waals surface area contributed by atoms with E-state index >= 15 is 0 Å². The molecule has 128 valence electrons. The zero-order valence-electron chi connectivity index (χ0n) is 13.7. The highest BCUT2D eigenvalue weighted by molar-refractivity contribution is 5.79. The molecule has 0 spiro atoms. The molecule has 1 atom stereocenters. The molecule has 1 aromatic carbocycles. The minimum atomic E-state index is -0.283. The Kier molecular flexibility index (Phi) is 5.43. The van der Waals surface area contributed by atoms with Crippen molar-refractivity contribution in [1.82, 2.24) is 20.2 Å². The zero-order chi connectivity index (χ0) is 16.8. The van der Waals surface area contributed by atoms with Gasteiger partial charge in [-0.1, -0.05) is 6.07 Å². The number of halogens is 1. The molecular weight excluding hydrogens is 309 g/mol. The van der Waals surface area contributed by atoms with Crippen molar-refractivity contribution in [2.24, 2.45) is 4.99 Å². The van der Waals surface area contributed by atoms with Crippen molar-refractivity contribution in [3.05, 3.63) is 48.3 Å². The number of benzene rings is 1. The molecule has 2 N–H and O–H groups in total. The molecular formula is C17H22FN5O. The third-order valence-corrected chi connectivity index (χ3v) is 4.00. The lowest BCUT2D eigenvalue weighted by Crippen LogP contribution is -2.40. The molecule has 1 fully saturated rings. The minimum Gasteiger partial charge on any atom is -0.376 e. The number of imidazole rings is 1. The summed E-state index contributed by atoms with van der Waals surface area (Å²) in [6.45, 7) is 2.06. The predicted octanol–water partition coefficient (Wildman–Crippen LogP) is 1.86. The summed E-state index contributed by atoms with van der Waals surface area (Å²) >= 11 is 0. The Labute approximate surface area is 140 Å². The summed E-state index contributed by atoms with van der Waals surface area (Å²) in [6, 6.07) is 5.16. The van der Waals surface area contributed by atoms with Crippen LogP contribution in [-0.4, -0.2) is 41.8 Å². The van der Waals surface area contributed by atoms with Gasteiger partial charge in [0.05, 0.1) is 18.1 Å². The molecule has 1 aromatic heterocycles. The maximum Gasteiger partial charge on any atom is 0.191 e. The Morgan fingerprint density at radius 2 is 2.38 bits per heavy atom. The first kappa shape index (κ1) is 16.4. The van der Waals surface area contributed by atoms with Crippen molar-refractivity contribution in [3.63, 3.8) is 0 Å². The van der Waals surface area contributed by atoms with Gasteiger partial charge in [-0.25, -0.2) is 9.37 Å². The van der Waals surface area contributed by atoms with E-state index in [0.717, 1.165) is 31.6 Å². The van der Waals surface area contributed by atoms with Gasteiger partial charge in [-0.3, -0.25) is 4.99 Å². The van der Waals surface area contributed by atoms with Crippen LogP contribution < -0.4 is 10.6 Å². The van der Waals surface area contributed by atoms with Gasteiger partial charge in [-0.05, 0) is 30.5 Å². The predicted molar refractivity (Wildman–Crippen MR) is 90.7 cm³/mol. The maximum atomic E-state index is 14.2. The van der Waals surface area contributed by atoms with Gasteiger partial charge in [-0.15, -0.1) is 0 Å². The molecule has 2 aromatic rings. The molecule has 1 aliphatic rings. The SMILES string of the molecule is CN=C(NCc1ccc(-n2ccnc2)c(F)c1)NCC1CCCO1. The second-order valence-corrected chi connectivity index (χ2v) is 5.70. The Hall–Kier alpha value is -2.41. The Bertz CT molecular complexity index is 680. The van der Waals surface area contributed by atoms with Crippen LogP contribution in [0.5, 0.6) is 0 Å². The van der Waals surface area contributed by atoms with Crippen LogP contribution >= 0.6 is 0 Å². The number of rotatable bonds is 5. The lowest BCUT2D eigenvalue weighted by molar-refractivity contribution is 0.114. The fourth-order valence-corrected chi connectivity index (χ4v) is 2.69. The molecule has 0 saturated carbocycles. The molecule has 3 rings (SSSR count). The molecule has 1 unspecified atom stereocenters. The summed E-state index contributed by atoms with van der Waals surface area (Å²) in [5.74, 6) is 0.402. The molecule has 0 aliphatic carbocycles. The van der Waals surface area contributed by atoms with E-state index in [1.54, 1.807) is 36.4 Å². The first-order valence-corrected chi connectivity index (χ1v) is 8.09. The molecule has 7 heteroatoms. The summed E-state index contributed by atoms with van der Waals surface area (Å²) in [7, 11) is 1.72. The average Bonchev–Trinajstić information content (AvgIpc) is 3.29. The second kappa shape index (κ2) is 7.92. The van der Waals surface area contributed by atoms with Crippen molar-refractivity contribution < 1.29 is 9.13 Å². The highest BCUT2D eigenvalue weighted by atomic mass is 19.1. The number of aromatic nitrogens is 2. The zero-order valence-corrected chi connectivity index (χ0v) is 13.7. The van der Waals surface area contributed by atoms with Crippen LogP contribution in [0.25, 0.3) is 5.69 Å². The molecule has 2 heterocycles. The van der Waals surface area contributed by atoms with Crippen LogP contribution in [-0.2, 0) is 11.3 Å². The topological polar surface area (TPSA) is 63.5 Å². The molecule has 24 heavy (non-hydrogen) atoms. The number of hydrogen-bond donors (Lipinski definition) is 2. The Morgan fingerprint density at radius 3 is 3.04 bits per heavy atom. The average molecular weight is 331 g/mol. The van der Waals surface area contributed by atoms with Gasteiger partial charge in [-0.2, -0.15) is 0 Å². The third-order valence-electron chi connectivity index (χ3n) is 4.00. The van der Waals surface area contributed by atoms with Crippen LogP contribution in [0.15, 0.2) is 41.9 Å². The summed E-state index contributed by atoms with van der Waals surface area (Å²) in [6.07, 6.45) is 7.35. The van der Waals surface area contributed by atoms with Gasteiger partial charge in [0.2, 0.25) is 0 Å². The molecule has 1 aliphatic heterocycles. The largest absolute Gasteiger partial charge is 0.376 e. The lowest BCUT2D eigenvalue weighted by atomic mass is 10.2. The van der Waals surface area contributed by atoms with Crippen LogP contribution in [0.3, 0.4) is 0 Å². The summed E-state index contributed by atoms with van der Waals surface area (Å²) < 4.78 is 21.5. The van der Waals surface area contributed by atoms with Gasteiger partial charge in [0.25, 0.3) is 0 Å². The number of ether oxygens (including phenoxy) is 1. The van der Waals surface area contributed by atoms with Gasteiger partial charge in [0.1, 0.15) is 5.82 Å². The number of guanidine groups is 1. The summed E-state index contributed by atoms with van der Waals surface area (Å²) in [4.78, 5) is 8.11. The summed E-state index contributed by atoms with van der Waals surface area (Å²) in [5, 5.41) is 6.43. The fourth-order valence-electron chi connectivity index (χ4n) is 2.69. The first-order valence-electron chi connectivity index (χ1n) is 8.09. The first-order chi connectivity index (χ1) is 11.8. The van der Waals surface area contributed by atoms with Gasteiger partial charge in [0, 0.05) is 39.1 Å². The van der Waals surface area contributed by atoms with Crippen molar-refractivity contribution in [2.45, 2.75) is 25.5 Å². The smallest absolute Gasteiger partial charge is 0.191 e. The van der Waals surface area contributed by atoms with E-state index in [1.165, 1.54) is 6.07 Å². The van der Waals surface area contributed by atoms with Crippen molar-refractivity contribution in [3.8, 4) is 5.69 Å². The van der Waals surface area contributed by atoms with E-state index in [1.807, 2.05) is 6.07 Å². The summed E-state index contributed by atoms with van der Waals surface area (Å²) in [5.41, 5.74) is 1.33. The Morgan fingerprint density at radius 1 is 1.46 bits per heavy atom. The second-order valence-electron chi connectivity index (χ2n) is 5.70. The van der Waals surface area contributed by atoms with Crippen LogP contribution in [0.2, 0.25) is 0 Å². The highest BCUT2D eigenvalue weighted by Gasteiger charge is 2.15. The van der Waals surface area contributed by atoms with Crippen LogP contribution in [0, 0.1) is 5.82 Å². The van der Waals surface area contributed by atoms with Crippen LogP contribution in [0.1, 0.15) is 18.4 Å². The molecule has 0 bridgehead atoms. The number of nitrogens with one attached hydrogen (secondary N) is 2. The van der Waals surface area contributed by atoms with Crippen molar-refractivity contribution >= 4 is 5.96 Å². The fraction of sp³-hybridized carbons (Fsp3) is 0.412. The molecule has 0 amide bonds. The number of aliphatic imine (C=N–C) groups is 1. The third kappa shape index (κ3) is 4.11. The molecule has 0 radical (unpaired) electrons. The van der Waals surface area contributed by atoms with Gasteiger partial charge < -0.3 is 19.9 Å². The monoisotopic (exact) mass is 331 g/mol. The molecule has 1 saturated heterocycles. The lowest BCUT2D eigenvalue weighted by Gasteiger charge is -2.15. The van der Waals surface area contributed by atoms with E-state index in [4.69, 9.17) is 4.74 Å². The minimum absolute atomic E-state index is 0.246. The normalized spacial score (nSPS) is 17.9. The highest BCUT2D eigenvalue weighted by Crippen LogP contribution is 2.15. The van der Waals surface area contributed by atoms with Gasteiger partial charge >= 0.3 is 0 Å².